The highest BCUT2D eigenvalue weighted by molar-refractivity contribution is 5.98. The number of carbonyl (C=O) groups excluding carboxylic acids is 2. The van der Waals surface area contributed by atoms with Crippen LogP contribution in [0.4, 0.5) is 0 Å². The monoisotopic (exact) mass is 310 g/mol. The van der Waals surface area contributed by atoms with Crippen molar-refractivity contribution in [2.45, 2.75) is 27.2 Å². The zero-order chi connectivity index (χ0) is 16.8. The first kappa shape index (κ1) is 16.9. The van der Waals surface area contributed by atoms with Gasteiger partial charge in [0.2, 0.25) is 0 Å². The first-order chi connectivity index (χ1) is 11.0. The van der Waals surface area contributed by atoms with Crippen LogP contribution in [0.5, 0.6) is 0 Å². The van der Waals surface area contributed by atoms with Crippen LogP contribution in [0.15, 0.2) is 48.5 Å². The minimum atomic E-state index is -0.722. The molecule has 23 heavy (non-hydrogen) atoms. The van der Waals surface area contributed by atoms with Crippen LogP contribution in [-0.4, -0.2) is 18.4 Å². The van der Waals surface area contributed by atoms with Crippen LogP contribution < -0.4 is 0 Å². The second-order valence-electron chi connectivity index (χ2n) is 5.68. The van der Waals surface area contributed by atoms with E-state index in [0.717, 1.165) is 16.7 Å². The van der Waals surface area contributed by atoms with Crippen LogP contribution in [0.2, 0.25) is 0 Å². The van der Waals surface area contributed by atoms with Crippen molar-refractivity contribution < 1.29 is 14.3 Å². The summed E-state index contributed by atoms with van der Waals surface area (Å²) in [4.78, 5) is 23.6. The minimum absolute atomic E-state index is 0.161. The molecule has 1 atom stereocenters. The maximum absolute atomic E-state index is 11.9. The zero-order valence-electron chi connectivity index (χ0n) is 13.8. The highest BCUT2D eigenvalue weighted by atomic mass is 16.5. The van der Waals surface area contributed by atoms with Crippen LogP contribution in [0, 0.1) is 12.8 Å². The fourth-order valence-corrected chi connectivity index (χ4v) is 2.45. The summed E-state index contributed by atoms with van der Waals surface area (Å²) in [5, 5.41) is 0. The number of benzene rings is 2. The summed E-state index contributed by atoms with van der Waals surface area (Å²) in [7, 11) is 0. The van der Waals surface area contributed by atoms with Crippen molar-refractivity contribution in [3.8, 4) is 11.1 Å². The summed E-state index contributed by atoms with van der Waals surface area (Å²) in [5.41, 5.74) is 4.44. The Hall–Kier alpha value is -2.42. The fourth-order valence-electron chi connectivity index (χ4n) is 2.45. The largest absolute Gasteiger partial charge is 0.465 e. The quantitative estimate of drug-likeness (QED) is 0.599. The third-order valence-corrected chi connectivity index (χ3v) is 3.84. The van der Waals surface area contributed by atoms with Crippen LogP contribution in [0.3, 0.4) is 0 Å². The minimum Gasteiger partial charge on any atom is -0.465 e. The maximum atomic E-state index is 11.9. The predicted octanol–water partition coefficient (Wildman–Crippen LogP) is 3.97. The summed E-state index contributed by atoms with van der Waals surface area (Å²) in [6.07, 6.45) is 0.377. The average Bonchev–Trinajstić information content (AvgIpc) is 2.54. The molecular formula is C20H22O3. The average molecular weight is 310 g/mol. The molecular weight excluding hydrogens is 288 g/mol. The van der Waals surface area contributed by atoms with Gasteiger partial charge in [-0.1, -0.05) is 54.1 Å². The predicted molar refractivity (Wildman–Crippen MR) is 91.1 cm³/mol. The Morgan fingerprint density at radius 1 is 0.957 bits per heavy atom. The topological polar surface area (TPSA) is 43.4 Å². The Labute approximate surface area is 137 Å². The molecule has 0 fully saturated rings. The molecule has 0 spiro atoms. The van der Waals surface area contributed by atoms with Crippen LogP contribution >= 0.6 is 0 Å². The van der Waals surface area contributed by atoms with Gasteiger partial charge in [0, 0.05) is 0 Å². The number of aryl methyl sites for hydroxylation is 1. The van der Waals surface area contributed by atoms with E-state index in [4.69, 9.17) is 4.74 Å². The molecule has 2 rings (SSSR count). The van der Waals surface area contributed by atoms with Gasteiger partial charge < -0.3 is 4.74 Å². The number of ether oxygens (including phenoxy) is 1. The third-order valence-electron chi connectivity index (χ3n) is 3.84. The summed E-state index contributed by atoms with van der Waals surface area (Å²) < 4.78 is 4.98. The fraction of sp³-hybridized carbons (Fsp3) is 0.300. The standard InChI is InChI=1S/C20H22O3/c1-4-23-20(22)19(15(3)21)13-16-7-11-18(12-8-16)17-9-5-14(2)6-10-17/h5-12,19H,4,13H2,1-3H3. The molecule has 3 heteroatoms. The van der Waals surface area contributed by atoms with Crippen molar-refractivity contribution in [3.05, 3.63) is 59.7 Å². The number of rotatable bonds is 6. The van der Waals surface area contributed by atoms with Gasteiger partial charge in [0.25, 0.3) is 0 Å². The molecule has 2 aromatic carbocycles. The molecule has 0 saturated carbocycles. The number of Topliss-reactive ketones (excluding diaryl/α,β-unsaturated/α-hetero) is 1. The van der Waals surface area contributed by atoms with Crippen molar-refractivity contribution in [1.82, 2.24) is 0 Å². The van der Waals surface area contributed by atoms with Gasteiger partial charge in [-0.15, -0.1) is 0 Å². The lowest BCUT2D eigenvalue weighted by molar-refractivity contribution is -0.151. The lowest BCUT2D eigenvalue weighted by Crippen LogP contribution is -2.26. The molecule has 0 aliphatic heterocycles. The number of esters is 1. The van der Waals surface area contributed by atoms with Gasteiger partial charge in [0.05, 0.1) is 6.61 Å². The molecule has 0 radical (unpaired) electrons. The van der Waals surface area contributed by atoms with Crippen LogP contribution in [0.1, 0.15) is 25.0 Å². The van der Waals surface area contributed by atoms with Gasteiger partial charge in [-0.2, -0.15) is 0 Å². The van der Waals surface area contributed by atoms with Crippen LogP contribution in [-0.2, 0) is 20.7 Å². The van der Waals surface area contributed by atoms with E-state index in [1.165, 1.54) is 12.5 Å². The van der Waals surface area contributed by atoms with E-state index in [2.05, 4.69) is 31.2 Å². The normalized spacial score (nSPS) is 11.8. The number of hydrogen-bond donors (Lipinski definition) is 0. The maximum Gasteiger partial charge on any atom is 0.316 e. The van der Waals surface area contributed by atoms with E-state index in [0.29, 0.717) is 6.42 Å². The molecule has 0 N–H and O–H groups in total. The van der Waals surface area contributed by atoms with Gasteiger partial charge in [0.15, 0.2) is 0 Å². The Morgan fingerprint density at radius 3 is 1.96 bits per heavy atom. The molecule has 0 aromatic heterocycles. The zero-order valence-corrected chi connectivity index (χ0v) is 13.8. The molecule has 0 bridgehead atoms. The molecule has 2 aromatic rings. The first-order valence-electron chi connectivity index (χ1n) is 7.84. The smallest absolute Gasteiger partial charge is 0.316 e. The van der Waals surface area contributed by atoms with Crippen molar-refractivity contribution in [1.29, 1.82) is 0 Å². The van der Waals surface area contributed by atoms with Gasteiger partial charge in [-0.3, -0.25) is 9.59 Å². The van der Waals surface area contributed by atoms with Crippen molar-refractivity contribution in [2.24, 2.45) is 5.92 Å². The molecule has 0 heterocycles. The van der Waals surface area contributed by atoms with Gasteiger partial charge in [-0.25, -0.2) is 0 Å². The van der Waals surface area contributed by atoms with E-state index in [9.17, 15) is 9.59 Å². The molecule has 120 valence electrons. The molecule has 0 aliphatic rings. The van der Waals surface area contributed by atoms with E-state index < -0.39 is 11.9 Å². The van der Waals surface area contributed by atoms with E-state index in [-0.39, 0.29) is 12.4 Å². The Kier molecular flexibility index (Phi) is 5.69. The Bertz CT molecular complexity index is 669. The summed E-state index contributed by atoms with van der Waals surface area (Å²) >= 11 is 0. The summed E-state index contributed by atoms with van der Waals surface area (Å²) in [6.45, 7) is 5.52. The number of hydrogen-bond acceptors (Lipinski definition) is 3. The molecule has 1 unspecified atom stereocenters. The Morgan fingerprint density at radius 2 is 1.48 bits per heavy atom. The van der Waals surface area contributed by atoms with E-state index in [1.54, 1.807) is 6.92 Å². The second-order valence-corrected chi connectivity index (χ2v) is 5.68. The SMILES string of the molecule is CCOC(=O)C(Cc1ccc(-c2ccc(C)cc2)cc1)C(C)=O. The lowest BCUT2D eigenvalue weighted by Gasteiger charge is -2.13. The Balaban J connectivity index is 2.13. The second kappa shape index (κ2) is 7.73. The van der Waals surface area contributed by atoms with Crippen molar-refractivity contribution in [2.75, 3.05) is 6.61 Å². The van der Waals surface area contributed by atoms with E-state index >= 15 is 0 Å². The highest BCUT2D eigenvalue weighted by Gasteiger charge is 2.24. The summed E-state index contributed by atoms with van der Waals surface area (Å²) in [5.74, 6) is -1.33. The highest BCUT2D eigenvalue weighted by Crippen LogP contribution is 2.21. The first-order valence-corrected chi connectivity index (χ1v) is 7.84. The molecule has 0 aliphatic carbocycles. The van der Waals surface area contributed by atoms with Crippen LogP contribution in [0.25, 0.3) is 11.1 Å². The third kappa shape index (κ3) is 4.52. The molecule has 0 saturated heterocycles. The molecule has 3 nitrogen and oxygen atoms in total. The number of ketones is 1. The molecule has 0 amide bonds. The van der Waals surface area contributed by atoms with Gasteiger partial charge in [0.1, 0.15) is 11.7 Å². The lowest BCUT2D eigenvalue weighted by atomic mass is 9.94. The van der Waals surface area contributed by atoms with Gasteiger partial charge in [-0.05, 0) is 43.9 Å². The van der Waals surface area contributed by atoms with E-state index in [1.807, 2.05) is 24.3 Å². The van der Waals surface area contributed by atoms with Crippen molar-refractivity contribution in [3.63, 3.8) is 0 Å². The van der Waals surface area contributed by atoms with Gasteiger partial charge >= 0.3 is 5.97 Å². The summed E-state index contributed by atoms with van der Waals surface area (Å²) in [6, 6.07) is 16.3. The van der Waals surface area contributed by atoms with Crippen molar-refractivity contribution >= 4 is 11.8 Å². The number of carbonyl (C=O) groups is 2.